The molecule has 2 N–H and O–H groups in total. The summed E-state index contributed by atoms with van der Waals surface area (Å²) in [6, 6.07) is 14.3. The molecule has 4 nitrogen and oxygen atoms in total. The predicted molar refractivity (Wildman–Crippen MR) is 101 cm³/mol. The topological polar surface area (TPSA) is 42.8 Å². The summed E-state index contributed by atoms with van der Waals surface area (Å²) in [5.41, 5.74) is 1.72. The zero-order chi connectivity index (χ0) is 18.4. The zero-order valence-corrected chi connectivity index (χ0v) is 15.7. The van der Waals surface area contributed by atoms with Crippen LogP contribution in [0.4, 0.5) is 4.39 Å². The Kier molecular flexibility index (Phi) is 6.66. The number of thioether (sulfide) groups is 1. The minimum absolute atomic E-state index is 0.0740. The van der Waals surface area contributed by atoms with E-state index in [0.29, 0.717) is 25.3 Å². The standard InChI is InChI=1S/C20H23FN2O2S/c1-26-19-5-3-2-4-17(19)20(24)22-14-18(23-10-12-25-13-11-23)15-6-8-16(21)9-7-15/h2-9,18H,10-14H2,1H3,(H,22,24)/p+1/t18-/m1/s1. The van der Waals surface area contributed by atoms with Gasteiger partial charge in [0.05, 0.1) is 25.3 Å². The van der Waals surface area contributed by atoms with E-state index in [0.717, 1.165) is 23.5 Å². The summed E-state index contributed by atoms with van der Waals surface area (Å²) in [7, 11) is 0. The van der Waals surface area contributed by atoms with E-state index < -0.39 is 0 Å². The van der Waals surface area contributed by atoms with Gasteiger partial charge in [-0.3, -0.25) is 4.79 Å². The molecule has 0 radical (unpaired) electrons. The molecule has 0 bridgehead atoms. The maximum absolute atomic E-state index is 13.3. The predicted octanol–water partition coefficient (Wildman–Crippen LogP) is 1.93. The van der Waals surface area contributed by atoms with Crippen molar-refractivity contribution in [3.8, 4) is 0 Å². The number of rotatable bonds is 6. The molecule has 1 atom stereocenters. The van der Waals surface area contributed by atoms with Crippen molar-refractivity contribution >= 4 is 17.7 Å². The van der Waals surface area contributed by atoms with Gasteiger partial charge in [0.25, 0.3) is 5.91 Å². The molecule has 1 aliphatic heterocycles. The van der Waals surface area contributed by atoms with Gasteiger partial charge in [-0.15, -0.1) is 11.8 Å². The number of carbonyl (C=O) groups is 1. The number of hydrogen-bond donors (Lipinski definition) is 2. The van der Waals surface area contributed by atoms with Crippen molar-refractivity contribution in [2.75, 3.05) is 39.1 Å². The van der Waals surface area contributed by atoms with Crippen LogP contribution in [0.15, 0.2) is 53.4 Å². The first-order valence-corrected chi connectivity index (χ1v) is 10.0. The summed E-state index contributed by atoms with van der Waals surface area (Å²) in [6.07, 6.45) is 1.96. The van der Waals surface area contributed by atoms with Crippen LogP contribution in [-0.4, -0.2) is 45.0 Å². The number of hydrogen-bond acceptors (Lipinski definition) is 3. The number of benzene rings is 2. The number of amides is 1. The average Bonchev–Trinajstić information content (AvgIpc) is 2.70. The number of ether oxygens (including phenoxy) is 1. The van der Waals surface area contributed by atoms with Crippen molar-refractivity contribution < 1.29 is 18.8 Å². The minimum Gasteiger partial charge on any atom is -0.370 e. The van der Waals surface area contributed by atoms with Gasteiger partial charge in [-0.05, 0) is 30.5 Å². The molecule has 138 valence electrons. The number of morpholine rings is 1. The van der Waals surface area contributed by atoms with Crippen LogP contribution in [-0.2, 0) is 4.74 Å². The smallest absolute Gasteiger partial charge is 0.252 e. The molecule has 0 aliphatic carbocycles. The molecule has 1 saturated heterocycles. The zero-order valence-electron chi connectivity index (χ0n) is 14.8. The maximum atomic E-state index is 13.3. The lowest BCUT2D eigenvalue weighted by atomic mass is 10.0. The third-order valence-electron chi connectivity index (χ3n) is 4.72. The summed E-state index contributed by atoms with van der Waals surface area (Å²) in [4.78, 5) is 15.0. The Bertz CT molecular complexity index is 733. The molecule has 6 heteroatoms. The second-order valence-electron chi connectivity index (χ2n) is 6.29. The highest BCUT2D eigenvalue weighted by Crippen LogP contribution is 2.20. The van der Waals surface area contributed by atoms with E-state index in [9.17, 15) is 9.18 Å². The first kappa shape index (κ1) is 18.9. The van der Waals surface area contributed by atoms with Gasteiger partial charge in [0, 0.05) is 10.5 Å². The lowest BCUT2D eigenvalue weighted by Crippen LogP contribution is -3.15. The van der Waals surface area contributed by atoms with E-state index >= 15 is 0 Å². The van der Waals surface area contributed by atoms with Crippen LogP contribution in [0, 0.1) is 5.82 Å². The van der Waals surface area contributed by atoms with Crippen molar-refractivity contribution in [1.29, 1.82) is 0 Å². The van der Waals surface area contributed by atoms with E-state index in [2.05, 4.69) is 5.32 Å². The highest BCUT2D eigenvalue weighted by Gasteiger charge is 2.27. The molecule has 2 aromatic carbocycles. The Morgan fingerprint density at radius 1 is 1.19 bits per heavy atom. The molecule has 2 aromatic rings. The summed E-state index contributed by atoms with van der Waals surface area (Å²) >= 11 is 1.56. The molecule has 0 unspecified atom stereocenters. The highest BCUT2D eigenvalue weighted by molar-refractivity contribution is 7.98. The Morgan fingerprint density at radius 3 is 2.58 bits per heavy atom. The normalized spacial score (nSPS) is 16.2. The van der Waals surface area contributed by atoms with Gasteiger partial charge in [-0.25, -0.2) is 4.39 Å². The highest BCUT2D eigenvalue weighted by atomic mass is 32.2. The molecule has 3 rings (SSSR count). The van der Waals surface area contributed by atoms with E-state index in [4.69, 9.17) is 4.74 Å². The molecular weight excluding hydrogens is 351 g/mol. The fraction of sp³-hybridized carbons (Fsp3) is 0.350. The van der Waals surface area contributed by atoms with Gasteiger partial charge in [0.15, 0.2) is 0 Å². The van der Waals surface area contributed by atoms with Crippen LogP contribution in [0.3, 0.4) is 0 Å². The van der Waals surface area contributed by atoms with E-state index in [-0.39, 0.29) is 17.8 Å². The van der Waals surface area contributed by atoms with Gasteiger partial charge < -0.3 is 15.0 Å². The maximum Gasteiger partial charge on any atom is 0.252 e. The van der Waals surface area contributed by atoms with Crippen molar-refractivity contribution in [2.24, 2.45) is 0 Å². The summed E-state index contributed by atoms with van der Waals surface area (Å²) < 4.78 is 18.8. The van der Waals surface area contributed by atoms with Gasteiger partial charge >= 0.3 is 0 Å². The number of nitrogens with one attached hydrogen (secondary N) is 2. The van der Waals surface area contributed by atoms with Crippen LogP contribution in [0.2, 0.25) is 0 Å². The Hall–Kier alpha value is -1.89. The number of halogens is 1. The molecule has 26 heavy (non-hydrogen) atoms. The lowest BCUT2D eigenvalue weighted by Gasteiger charge is -2.32. The Balaban J connectivity index is 1.75. The van der Waals surface area contributed by atoms with Crippen LogP contribution in [0.25, 0.3) is 0 Å². The lowest BCUT2D eigenvalue weighted by molar-refractivity contribution is -0.937. The largest absolute Gasteiger partial charge is 0.370 e. The van der Waals surface area contributed by atoms with E-state index in [1.54, 1.807) is 11.8 Å². The molecule has 0 spiro atoms. The Labute approximate surface area is 157 Å². The summed E-state index contributed by atoms with van der Waals surface area (Å²) in [5, 5.41) is 3.08. The molecule has 1 aliphatic rings. The molecule has 1 heterocycles. The fourth-order valence-electron chi connectivity index (χ4n) is 3.30. The first-order valence-electron chi connectivity index (χ1n) is 8.78. The average molecular weight is 375 g/mol. The third-order valence-corrected chi connectivity index (χ3v) is 5.51. The summed E-state index contributed by atoms with van der Waals surface area (Å²) in [6.45, 7) is 3.66. The molecule has 0 aromatic heterocycles. The van der Waals surface area contributed by atoms with Crippen molar-refractivity contribution in [2.45, 2.75) is 10.9 Å². The van der Waals surface area contributed by atoms with Crippen molar-refractivity contribution in [1.82, 2.24) is 5.32 Å². The SMILES string of the molecule is CSc1ccccc1C(=O)NC[C@H](c1ccc(F)cc1)[NH+]1CCOCC1. The fourth-order valence-corrected chi connectivity index (χ4v) is 3.89. The van der Waals surface area contributed by atoms with Gasteiger partial charge in [0.2, 0.25) is 0 Å². The Morgan fingerprint density at radius 2 is 1.88 bits per heavy atom. The van der Waals surface area contributed by atoms with Gasteiger partial charge in [-0.1, -0.05) is 24.3 Å². The van der Waals surface area contributed by atoms with Crippen LogP contribution < -0.4 is 10.2 Å². The van der Waals surface area contributed by atoms with Crippen molar-refractivity contribution in [3.63, 3.8) is 0 Å². The van der Waals surface area contributed by atoms with Crippen molar-refractivity contribution in [3.05, 3.63) is 65.5 Å². The van der Waals surface area contributed by atoms with Gasteiger partial charge in [-0.2, -0.15) is 0 Å². The minimum atomic E-state index is -0.248. The third kappa shape index (κ3) is 4.63. The quantitative estimate of drug-likeness (QED) is 0.759. The molecule has 1 fully saturated rings. The number of quaternary nitrogens is 1. The molecular formula is C20H24FN2O2S+. The second-order valence-corrected chi connectivity index (χ2v) is 7.13. The number of carbonyl (C=O) groups excluding carboxylic acids is 1. The van der Waals surface area contributed by atoms with Gasteiger partial charge in [0.1, 0.15) is 24.9 Å². The summed E-state index contributed by atoms with van der Waals surface area (Å²) in [5.74, 6) is -0.322. The van der Waals surface area contributed by atoms with Crippen LogP contribution >= 0.6 is 11.8 Å². The first-order chi connectivity index (χ1) is 12.7. The molecule has 1 amide bonds. The van der Waals surface area contributed by atoms with Crippen LogP contribution in [0.1, 0.15) is 22.0 Å². The monoisotopic (exact) mass is 375 g/mol. The second kappa shape index (κ2) is 9.16. The van der Waals surface area contributed by atoms with E-state index in [1.807, 2.05) is 42.7 Å². The van der Waals surface area contributed by atoms with Crippen LogP contribution in [0.5, 0.6) is 0 Å². The van der Waals surface area contributed by atoms with E-state index in [1.165, 1.54) is 17.0 Å². The molecule has 0 saturated carbocycles.